The van der Waals surface area contributed by atoms with Gasteiger partial charge < -0.3 is 15.0 Å². The molecule has 0 aliphatic rings. The van der Waals surface area contributed by atoms with Crippen LogP contribution in [0.3, 0.4) is 0 Å². The lowest BCUT2D eigenvalue weighted by Gasteiger charge is -2.20. The van der Waals surface area contributed by atoms with Gasteiger partial charge in [-0.3, -0.25) is 10.1 Å². The number of nitrogens with one attached hydrogen (secondary N) is 2. The number of aryl methyl sites for hydroxylation is 1. The van der Waals surface area contributed by atoms with Crippen LogP contribution in [-0.4, -0.2) is 46.2 Å². The summed E-state index contributed by atoms with van der Waals surface area (Å²) in [5.41, 5.74) is 5.39. The fraction of sp³-hybridized carbons (Fsp3) is 0.231. The van der Waals surface area contributed by atoms with E-state index in [4.69, 9.17) is 28.6 Å². The van der Waals surface area contributed by atoms with Gasteiger partial charge in [0.05, 0.1) is 18.4 Å². The summed E-state index contributed by atoms with van der Waals surface area (Å²) in [5, 5.41) is 15.6. The number of methoxy groups -OCH3 is 1. The predicted molar refractivity (Wildman–Crippen MR) is 149 cm³/mol. The quantitative estimate of drug-likeness (QED) is 0.316. The number of hydrogen-bond acceptors (Lipinski definition) is 6. The minimum absolute atomic E-state index is 0.142. The zero-order chi connectivity index (χ0) is 25.8. The normalized spacial score (nSPS) is 10.8. The molecule has 0 fully saturated rings. The van der Waals surface area contributed by atoms with Crippen LogP contribution in [0, 0.1) is 6.92 Å². The summed E-state index contributed by atoms with van der Waals surface area (Å²) in [4.78, 5) is 16.6. The van der Waals surface area contributed by atoms with Gasteiger partial charge in [-0.1, -0.05) is 11.6 Å². The van der Waals surface area contributed by atoms with Gasteiger partial charge in [0.2, 0.25) is 0 Å². The van der Waals surface area contributed by atoms with Gasteiger partial charge in [0, 0.05) is 29.5 Å². The van der Waals surface area contributed by atoms with E-state index >= 15 is 0 Å². The Hall–Kier alpha value is -3.69. The highest BCUT2D eigenvalue weighted by molar-refractivity contribution is 7.80. The minimum Gasteiger partial charge on any atom is -0.496 e. The number of rotatable bonds is 7. The Morgan fingerprint density at radius 1 is 1.06 bits per heavy atom. The molecule has 10 heteroatoms. The van der Waals surface area contributed by atoms with Gasteiger partial charge in [0.1, 0.15) is 16.8 Å². The molecule has 8 nitrogen and oxygen atoms in total. The molecule has 0 unspecified atom stereocenters. The van der Waals surface area contributed by atoms with E-state index in [9.17, 15) is 4.79 Å². The summed E-state index contributed by atoms with van der Waals surface area (Å²) in [7, 11) is 1.49. The first-order chi connectivity index (χ1) is 17.3. The highest BCUT2D eigenvalue weighted by Gasteiger charge is 2.16. The lowest BCUT2D eigenvalue weighted by atomic mass is 10.1. The third-order valence-electron chi connectivity index (χ3n) is 5.82. The maximum Gasteiger partial charge on any atom is 0.261 e. The van der Waals surface area contributed by atoms with Gasteiger partial charge in [-0.05, 0) is 93.1 Å². The number of amides is 1. The first kappa shape index (κ1) is 25.4. The fourth-order valence-electron chi connectivity index (χ4n) is 3.89. The van der Waals surface area contributed by atoms with Gasteiger partial charge in [-0.2, -0.15) is 4.80 Å². The van der Waals surface area contributed by atoms with Crippen molar-refractivity contribution in [2.24, 2.45) is 0 Å². The molecule has 0 saturated heterocycles. The molecule has 1 heterocycles. The summed E-state index contributed by atoms with van der Waals surface area (Å²) >= 11 is 11.4. The number of ether oxygens (including phenoxy) is 1. The van der Waals surface area contributed by atoms with Crippen LogP contribution in [0.15, 0.2) is 54.6 Å². The van der Waals surface area contributed by atoms with Crippen LogP contribution in [-0.2, 0) is 0 Å². The van der Waals surface area contributed by atoms with Crippen LogP contribution in [0.1, 0.15) is 29.8 Å². The Labute approximate surface area is 220 Å². The van der Waals surface area contributed by atoms with Crippen LogP contribution in [0.2, 0.25) is 5.02 Å². The lowest BCUT2D eigenvalue weighted by Crippen LogP contribution is -2.34. The number of thiocarbonyl (C=S) groups is 1. The summed E-state index contributed by atoms with van der Waals surface area (Å²) in [6, 6.07) is 16.8. The first-order valence-corrected chi connectivity index (χ1v) is 12.3. The number of carbonyl (C=O) groups excluding carboxylic acids is 1. The van der Waals surface area contributed by atoms with Crippen molar-refractivity contribution >= 4 is 57.2 Å². The zero-order valence-corrected chi connectivity index (χ0v) is 22.1. The van der Waals surface area contributed by atoms with Crippen molar-refractivity contribution in [1.29, 1.82) is 0 Å². The van der Waals surface area contributed by atoms with Crippen molar-refractivity contribution in [3.63, 3.8) is 0 Å². The van der Waals surface area contributed by atoms with Crippen LogP contribution >= 0.6 is 23.8 Å². The SMILES string of the molecule is CCN(CC)c1ccc(-n2nc3cc(C)c(NC(=S)NC(=O)c4cc(Cl)ccc4OC)cc3n2)cc1. The molecular formula is C26H27ClN6O2S. The Morgan fingerprint density at radius 2 is 1.72 bits per heavy atom. The van der Waals surface area contributed by atoms with Crippen LogP contribution in [0.25, 0.3) is 16.7 Å². The van der Waals surface area contributed by atoms with Gasteiger partial charge in [-0.25, -0.2) is 0 Å². The molecule has 4 aromatic rings. The molecule has 2 N–H and O–H groups in total. The summed E-state index contributed by atoms with van der Waals surface area (Å²) < 4.78 is 5.25. The topological polar surface area (TPSA) is 84.3 Å². The minimum atomic E-state index is -0.426. The summed E-state index contributed by atoms with van der Waals surface area (Å²) in [5.74, 6) is -0.0243. The summed E-state index contributed by atoms with van der Waals surface area (Å²) in [6.45, 7) is 8.11. The fourth-order valence-corrected chi connectivity index (χ4v) is 4.26. The highest BCUT2D eigenvalue weighted by atomic mass is 35.5. The van der Waals surface area contributed by atoms with Crippen molar-refractivity contribution in [1.82, 2.24) is 20.3 Å². The Balaban J connectivity index is 1.52. The average Bonchev–Trinajstić information content (AvgIpc) is 3.28. The molecule has 0 spiro atoms. The van der Waals surface area contributed by atoms with Crippen LogP contribution in [0.4, 0.5) is 11.4 Å². The van der Waals surface area contributed by atoms with E-state index in [0.717, 1.165) is 41.2 Å². The number of halogens is 1. The van der Waals surface area contributed by atoms with Gasteiger partial charge in [-0.15, -0.1) is 10.2 Å². The molecule has 0 aliphatic carbocycles. The van der Waals surface area contributed by atoms with Gasteiger partial charge in [0.25, 0.3) is 5.91 Å². The van der Waals surface area contributed by atoms with Gasteiger partial charge in [0.15, 0.2) is 5.11 Å². The number of fused-ring (bicyclic) bond motifs is 1. The number of hydrogen-bond donors (Lipinski definition) is 2. The average molecular weight is 523 g/mol. The molecule has 1 aromatic heterocycles. The van der Waals surface area contributed by atoms with Crippen molar-refractivity contribution in [2.75, 3.05) is 30.4 Å². The standard InChI is InChI=1S/C26H27ClN6O2S/c1-5-32(6-2)18-8-10-19(11-9-18)33-30-22-13-16(3)21(15-23(22)31-33)28-26(36)29-25(34)20-14-17(27)7-12-24(20)35-4/h7-15H,5-6H2,1-4H3,(H2,28,29,34,36). The van der Waals surface area contributed by atoms with E-state index in [-0.39, 0.29) is 10.7 Å². The van der Waals surface area contributed by atoms with Crippen molar-refractivity contribution in [2.45, 2.75) is 20.8 Å². The molecule has 0 radical (unpaired) electrons. The molecule has 0 aliphatic heterocycles. The first-order valence-electron chi connectivity index (χ1n) is 11.5. The molecule has 0 bridgehead atoms. The molecule has 4 rings (SSSR count). The second kappa shape index (κ2) is 10.9. The molecule has 0 saturated carbocycles. The Kier molecular flexibility index (Phi) is 7.71. The molecule has 3 aromatic carbocycles. The third-order valence-corrected chi connectivity index (χ3v) is 6.26. The second-order valence-corrected chi connectivity index (χ2v) is 8.93. The van der Waals surface area contributed by atoms with E-state index in [0.29, 0.717) is 16.3 Å². The van der Waals surface area contributed by atoms with Crippen molar-refractivity contribution in [3.05, 3.63) is 70.7 Å². The lowest BCUT2D eigenvalue weighted by molar-refractivity contribution is 0.0974. The van der Waals surface area contributed by atoms with E-state index in [2.05, 4.69) is 51.7 Å². The zero-order valence-electron chi connectivity index (χ0n) is 20.5. The Bertz CT molecular complexity index is 1420. The number of nitrogens with zero attached hydrogens (tertiary/aromatic N) is 4. The number of benzene rings is 3. The highest BCUT2D eigenvalue weighted by Crippen LogP contribution is 2.24. The Morgan fingerprint density at radius 3 is 2.36 bits per heavy atom. The van der Waals surface area contributed by atoms with Gasteiger partial charge >= 0.3 is 0 Å². The molecule has 36 heavy (non-hydrogen) atoms. The number of carbonyl (C=O) groups is 1. The van der Waals surface area contributed by atoms with Crippen LogP contribution in [0.5, 0.6) is 5.75 Å². The molecular weight excluding hydrogens is 496 g/mol. The largest absolute Gasteiger partial charge is 0.496 e. The van der Waals surface area contributed by atoms with E-state index in [1.165, 1.54) is 13.2 Å². The van der Waals surface area contributed by atoms with E-state index in [1.807, 2.05) is 31.2 Å². The maximum atomic E-state index is 12.7. The van der Waals surface area contributed by atoms with Crippen LogP contribution < -0.4 is 20.3 Å². The monoisotopic (exact) mass is 522 g/mol. The second-order valence-electron chi connectivity index (χ2n) is 8.09. The predicted octanol–water partition coefficient (Wildman–Crippen LogP) is 5.36. The number of anilines is 2. The van der Waals surface area contributed by atoms with Crippen molar-refractivity contribution < 1.29 is 9.53 Å². The van der Waals surface area contributed by atoms with Crippen molar-refractivity contribution in [3.8, 4) is 11.4 Å². The number of aromatic nitrogens is 3. The molecule has 0 atom stereocenters. The van der Waals surface area contributed by atoms with E-state index < -0.39 is 5.91 Å². The molecule has 1 amide bonds. The third kappa shape index (κ3) is 5.42. The maximum absolute atomic E-state index is 12.7. The van der Waals surface area contributed by atoms with E-state index in [1.54, 1.807) is 16.9 Å². The molecule has 186 valence electrons. The smallest absolute Gasteiger partial charge is 0.261 e. The summed E-state index contributed by atoms with van der Waals surface area (Å²) in [6.07, 6.45) is 0.